The van der Waals surface area contributed by atoms with E-state index in [1.54, 1.807) is 55.6 Å². The molecule has 0 radical (unpaired) electrons. The van der Waals surface area contributed by atoms with Crippen molar-refractivity contribution in [3.63, 3.8) is 0 Å². The van der Waals surface area contributed by atoms with E-state index in [-0.39, 0.29) is 17.3 Å². The number of hydrogen-bond donors (Lipinski definition) is 0. The highest BCUT2D eigenvalue weighted by molar-refractivity contribution is 7.99. The Balaban J connectivity index is 1.48. The lowest BCUT2D eigenvalue weighted by molar-refractivity contribution is -0.140. The van der Waals surface area contributed by atoms with Crippen LogP contribution in [-0.2, 0) is 9.63 Å². The van der Waals surface area contributed by atoms with Crippen LogP contribution in [0.15, 0.2) is 118 Å². The van der Waals surface area contributed by atoms with Gasteiger partial charge in [-0.25, -0.2) is 4.79 Å². The van der Waals surface area contributed by atoms with Gasteiger partial charge >= 0.3 is 5.97 Å². The highest BCUT2D eigenvalue weighted by Gasteiger charge is 2.18. The second-order valence-electron chi connectivity index (χ2n) is 7.93. The van der Waals surface area contributed by atoms with Crippen LogP contribution in [0.4, 0.5) is 0 Å². The fourth-order valence-electron chi connectivity index (χ4n) is 3.46. The van der Waals surface area contributed by atoms with Gasteiger partial charge in [-0.15, -0.1) is 0 Å². The maximum atomic E-state index is 13.2. The zero-order valence-electron chi connectivity index (χ0n) is 20.2. The molecule has 4 aromatic rings. The van der Waals surface area contributed by atoms with Gasteiger partial charge in [-0.1, -0.05) is 47.2 Å². The SMILES string of the molecule is COc1ccc(C(=NOC(C)=O)C(=O)c2ccc(Sc3ccc(C(=O)c4ccccc4)cc3)cc2)cc1. The van der Waals surface area contributed by atoms with Gasteiger partial charge in [0.25, 0.3) is 0 Å². The van der Waals surface area contributed by atoms with Crippen molar-refractivity contribution in [3.8, 4) is 5.75 Å². The number of carbonyl (C=O) groups is 3. The van der Waals surface area contributed by atoms with Gasteiger partial charge in [-0.2, -0.15) is 0 Å². The molecule has 184 valence electrons. The number of nitrogens with zero attached hydrogens (tertiary/aromatic N) is 1. The quantitative estimate of drug-likeness (QED) is 0.115. The zero-order valence-corrected chi connectivity index (χ0v) is 21.0. The minimum absolute atomic E-state index is 0.0110. The van der Waals surface area contributed by atoms with Crippen molar-refractivity contribution in [2.45, 2.75) is 16.7 Å². The molecule has 6 nitrogen and oxygen atoms in total. The molecule has 0 aromatic heterocycles. The summed E-state index contributed by atoms with van der Waals surface area (Å²) in [6.45, 7) is 1.22. The number of hydrogen-bond acceptors (Lipinski definition) is 7. The van der Waals surface area contributed by atoms with Crippen LogP contribution < -0.4 is 4.74 Å². The third kappa shape index (κ3) is 6.59. The predicted octanol–water partition coefficient (Wildman–Crippen LogP) is 6.23. The van der Waals surface area contributed by atoms with Crippen LogP contribution in [0, 0.1) is 0 Å². The molecule has 0 amide bonds. The average Bonchev–Trinajstić information content (AvgIpc) is 2.94. The van der Waals surface area contributed by atoms with E-state index in [1.807, 2.05) is 54.6 Å². The van der Waals surface area contributed by atoms with Gasteiger partial charge in [0.15, 0.2) is 11.5 Å². The van der Waals surface area contributed by atoms with Gasteiger partial charge in [0.05, 0.1) is 7.11 Å². The topological polar surface area (TPSA) is 82.0 Å². The number of benzene rings is 4. The van der Waals surface area contributed by atoms with Crippen molar-refractivity contribution in [1.82, 2.24) is 0 Å². The van der Waals surface area contributed by atoms with Crippen LogP contribution in [-0.4, -0.2) is 30.4 Å². The number of Topliss-reactive ketones (excluding diaryl/α,β-unsaturated/α-hetero) is 1. The van der Waals surface area contributed by atoms with Crippen LogP contribution in [0.25, 0.3) is 0 Å². The zero-order chi connectivity index (χ0) is 26.2. The molecular formula is C30H23NO5S. The van der Waals surface area contributed by atoms with Crippen molar-refractivity contribution in [2.24, 2.45) is 5.16 Å². The largest absolute Gasteiger partial charge is 0.497 e. The summed E-state index contributed by atoms with van der Waals surface area (Å²) in [5, 5.41) is 3.80. The van der Waals surface area contributed by atoms with Crippen molar-refractivity contribution in [3.05, 3.63) is 125 Å². The molecule has 0 atom stereocenters. The van der Waals surface area contributed by atoms with Crippen LogP contribution in [0.1, 0.15) is 38.8 Å². The van der Waals surface area contributed by atoms with Gasteiger partial charge in [0.2, 0.25) is 5.78 Å². The Hall–Kier alpha value is -4.49. The first-order valence-electron chi connectivity index (χ1n) is 11.4. The molecule has 0 unspecified atom stereocenters. The molecule has 7 heteroatoms. The Morgan fingerprint density at radius 1 is 0.649 bits per heavy atom. The molecule has 0 saturated carbocycles. The van der Waals surface area contributed by atoms with Crippen LogP contribution in [0.5, 0.6) is 5.75 Å². The summed E-state index contributed by atoms with van der Waals surface area (Å²) in [7, 11) is 1.55. The molecule has 0 heterocycles. The van der Waals surface area contributed by atoms with Crippen molar-refractivity contribution < 1.29 is 24.0 Å². The summed E-state index contributed by atoms with van der Waals surface area (Å²) in [5.41, 5.74) is 2.17. The number of methoxy groups -OCH3 is 1. The highest BCUT2D eigenvalue weighted by Crippen LogP contribution is 2.28. The second-order valence-corrected chi connectivity index (χ2v) is 9.07. The lowest BCUT2D eigenvalue weighted by Crippen LogP contribution is -2.17. The second kappa shape index (κ2) is 12.0. The van der Waals surface area contributed by atoms with Crippen molar-refractivity contribution in [2.75, 3.05) is 7.11 Å². The number of ketones is 2. The fourth-order valence-corrected chi connectivity index (χ4v) is 4.28. The Kier molecular flexibility index (Phi) is 8.28. The first-order chi connectivity index (χ1) is 17.9. The lowest BCUT2D eigenvalue weighted by Gasteiger charge is -2.08. The van der Waals surface area contributed by atoms with Gasteiger partial charge in [0, 0.05) is 39.0 Å². The van der Waals surface area contributed by atoms with Crippen LogP contribution in [0.2, 0.25) is 0 Å². The third-order valence-corrected chi connectivity index (χ3v) is 6.36. The van der Waals surface area contributed by atoms with E-state index in [1.165, 1.54) is 18.7 Å². The molecule has 0 spiro atoms. The molecule has 4 rings (SSSR count). The molecule has 4 aromatic carbocycles. The number of ether oxygens (including phenoxy) is 1. The van der Waals surface area contributed by atoms with E-state index in [2.05, 4.69) is 5.16 Å². The maximum absolute atomic E-state index is 13.2. The summed E-state index contributed by atoms with van der Waals surface area (Å²) in [5.74, 6) is -0.404. The summed E-state index contributed by atoms with van der Waals surface area (Å²) >= 11 is 1.51. The first-order valence-corrected chi connectivity index (χ1v) is 12.2. The maximum Gasteiger partial charge on any atom is 0.332 e. The minimum Gasteiger partial charge on any atom is -0.497 e. The van der Waals surface area contributed by atoms with Gasteiger partial charge in [-0.05, 0) is 72.8 Å². The van der Waals surface area contributed by atoms with E-state index >= 15 is 0 Å². The third-order valence-electron chi connectivity index (χ3n) is 5.35. The van der Waals surface area contributed by atoms with Crippen LogP contribution in [0.3, 0.4) is 0 Å². The summed E-state index contributed by atoms with van der Waals surface area (Å²) in [6, 6.07) is 30.4. The fraction of sp³-hybridized carbons (Fsp3) is 0.0667. The lowest BCUT2D eigenvalue weighted by atomic mass is 10.0. The molecule has 0 aliphatic carbocycles. The van der Waals surface area contributed by atoms with E-state index in [9.17, 15) is 14.4 Å². The Morgan fingerprint density at radius 2 is 1.16 bits per heavy atom. The van der Waals surface area contributed by atoms with E-state index in [0.717, 1.165) is 9.79 Å². The molecule has 0 N–H and O–H groups in total. The number of rotatable bonds is 9. The standard InChI is InChI=1S/C30H23NO5S/c1-20(32)36-31-28(21-8-14-25(35-2)15-9-21)30(34)24-12-18-27(19-13-24)37-26-16-10-23(11-17-26)29(33)22-6-4-3-5-7-22/h3-19H,1-2H3. The van der Waals surface area contributed by atoms with Crippen molar-refractivity contribution in [1.29, 1.82) is 0 Å². The first kappa shape index (κ1) is 25.6. The minimum atomic E-state index is -0.623. The van der Waals surface area contributed by atoms with Gasteiger partial charge in [-0.3, -0.25) is 9.59 Å². The molecule has 37 heavy (non-hydrogen) atoms. The summed E-state index contributed by atoms with van der Waals surface area (Å²) in [4.78, 5) is 43.8. The molecule has 0 aliphatic rings. The number of carbonyl (C=O) groups excluding carboxylic acids is 3. The smallest absolute Gasteiger partial charge is 0.332 e. The van der Waals surface area contributed by atoms with E-state index in [0.29, 0.717) is 28.0 Å². The number of oxime groups is 1. The van der Waals surface area contributed by atoms with Gasteiger partial charge in [0.1, 0.15) is 5.75 Å². The summed E-state index contributed by atoms with van der Waals surface area (Å²) < 4.78 is 5.16. The normalized spacial score (nSPS) is 11.0. The average molecular weight is 510 g/mol. The van der Waals surface area contributed by atoms with E-state index in [4.69, 9.17) is 9.57 Å². The Bertz CT molecular complexity index is 1430. The highest BCUT2D eigenvalue weighted by atomic mass is 32.2. The summed E-state index contributed by atoms with van der Waals surface area (Å²) in [6.07, 6.45) is 0. The molecule has 0 bridgehead atoms. The van der Waals surface area contributed by atoms with E-state index < -0.39 is 5.97 Å². The molecular weight excluding hydrogens is 486 g/mol. The Labute approximate surface area is 218 Å². The van der Waals surface area contributed by atoms with Crippen LogP contribution >= 0.6 is 11.8 Å². The monoisotopic (exact) mass is 509 g/mol. The Morgan fingerprint density at radius 3 is 1.70 bits per heavy atom. The van der Waals surface area contributed by atoms with Gasteiger partial charge < -0.3 is 9.57 Å². The predicted molar refractivity (Wildman–Crippen MR) is 143 cm³/mol. The molecule has 0 aliphatic heterocycles. The molecule has 0 saturated heterocycles. The molecule has 0 fully saturated rings. The van der Waals surface area contributed by atoms with Crippen molar-refractivity contribution >= 4 is 35.0 Å².